The molecular weight excluding hydrogens is 360 g/mol. The molecule has 2 aromatic carbocycles. The second kappa shape index (κ2) is 11.0. The molecule has 3 rings (SSSR count). The molecule has 4 heteroatoms. The van der Waals surface area contributed by atoms with Gasteiger partial charge in [-0.25, -0.2) is 0 Å². The van der Waals surface area contributed by atoms with E-state index in [-0.39, 0.29) is 5.78 Å². The number of Topliss-reactive ketones (excluding diaryl/α,β-unsaturated/α-hetero) is 1. The first-order valence-corrected chi connectivity index (χ1v) is 11.0. The van der Waals surface area contributed by atoms with E-state index in [4.69, 9.17) is 4.74 Å². The number of carbonyl (C=O) groups excluding carboxylic acids is 1. The van der Waals surface area contributed by atoms with E-state index in [0.717, 1.165) is 69.6 Å². The monoisotopic (exact) mass is 394 g/mol. The summed E-state index contributed by atoms with van der Waals surface area (Å²) in [4.78, 5) is 14.9. The lowest BCUT2D eigenvalue weighted by Crippen LogP contribution is -2.19. The van der Waals surface area contributed by atoms with Crippen molar-refractivity contribution in [1.29, 1.82) is 0 Å². The Labute approximate surface area is 175 Å². The van der Waals surface area contributed by atoms with Crippen molar-refractivity contribution in [2.24, 2.45) is 0 Å². The Bertz CT molecular complexity index is 803. The number of fused-ring (bicyclic) bond motifs is 1. The van der Waals surface area contributed by atoms with Gasteiger partial charge in [0.05, 0.1) is 7.11 Å². The van der Waals surface area contributed by atoms with Gasteiger partial charge in [-0.15, -0.1) is 0 Å². The standard InChI is InChI=1S/C25H34N2O2/c1-3-27-18-15-21-19-22(13-14-23(21)27)24(28)11-6-7-16-26-17-8-10-20-9-4-5-12-25(20)29-2/h4-5,9,12-14,19,26H,3,6-8,10-11,15-18H2,1-2H3. The first-order chi connectivity index (χ1) is 14.2. The fourth-order valence-electron chi connectivity index (χ4n) is 4.09. The van der Waals surface area contributed by atoms with Crippen LogP contribution in [0.15, 0.2) is 42.5 Å². The zero-order valence-corrected chi connectivity index (χ0v) is 17.9. The van der Waals surface area contributed by atoms with Gasteiger partial charge in [-0.3, -0.25) is 4.79 Å². The summed E-state index contributed by atoms with van der Waals surface area (Å²) in [6.45, 7) is 6.25. The zero-order valence-electron chi connectivity index (χ0n) is 17.9. The number of likely N-dealkylation sites (N-methyl/N-ethyl adjacent to an activating group) is 1. The van der Waals surface area contributed by atoms with Gasteiger partial charge in [0.25, 0.3) is 0 Å². The van der Waals surface area contributed by atoms with Crippen molar-refractivity contribution in [2.75, 3.05) is 38.2 Å². The molecule has 0 unspecified atom stereocenters. The van der Waals surface area contributed by atoms with Crippen LogP contribution in [0.3, 0.4) is 0 Å². The number of rotatable bonds is 12. The maximum absolute atomic E-state index is 12.5. The lowest BCUT2D eigenvalue weighted by molar-refractivity contribution is 0.0979. The number of ketones is 1. The quantitative estimate of drug-likeness (QED) is 0.420. The number of unbranched alkanes of at least 4 members (excludes halogenated alkanes) is 1. The van der Waals surface area contributed by atoms with Gasteiger partial charge in [-0.2, -0.15) is 0 Å². The summed E-state index contributed by atoms with van der Waals surface area (Å²) in [5.41, 5.74) is 4.78. The number of nitrogens with one attached hydrogen (secondary N) is 1. The summed E-state index contributed by atoms with van der Waals surface area (Å²) < 4.78 is 5.40. The molecule has 0 saturated carbocycles. The van der Waals surface area contributed by atoms with Crippen LogP contribution in [0.2, 0.25) is 0 Å². The molecule has 0 saturated heterocycles. The van der Waals surface area contributed by atoms with Crippen LogP contribution in [0.5, 0.6) is 5.75 Å². The SMILES string of the molecule is CCN1CCc2cc(C(=O)CCCCNCCCc3ccccc3OC)ccc21. The highest BCUT2D eigenvalue weighted by atomic mass is 16.5. The van der Waals surface area contributed by atoms with E-state index in [1.807, 2.05) is 18.2 Å². The second-order valence-electron chi connectivity index (χ2n) is 7.72. The molecule has 0 spiro atoms. The Kier molecular flexibility index (Phi) is 8.12. The Morgan fingerprint density at radius 3 is 2.76 bits per heavy atom. The molecule has 0 aromatic heterocycles. The fourth-order valence-corrected chi connectivity index (χ4v) is 4.09. The third kappa shape index (κ3) is 5.83. The fraction of sp³-hybridized carbons (Fsp3) is 0.480. The number of hydrogen-bond acceptors (Lipinski definition) is 4. The van der Waals surface area contributed by atoms with Crippen LogP contribution in [0.25, 0.3) is 0 Å². The van der Waals surface area contributed by atoms with E-state index in [1.165, 1.54) is 16.8 Å². The Balaban J connectivity index is 1.29. The van der Waals surface area contributed by atoms with Crippen molar-refractivity contribution in [1.82, 2.24) is 5.32 Å². The van der Waals surface area contributed by atoms with E-state index < -0.39 is 0 Å². The number of para-hydroxylation sites is 1. The first kappa shape index (κ1) is 21.4. The molecule has 1 aliphatic heterocycles. The molecule has 29 heavy (non-hydrogen) atoms. The van der Waals surface area contributed by atoms with Crippen LogP contribution in [0.1, 0.15) is 54.1 Å². The summed E-state index contributed by atoms with van der Waals surface area (Å²) >= 11 is 0. The maximum Gasteiger partial charge on any atom is 0.162 e. The molecule has 2 aromatic rings. The van der Waals surface area contributed by atoms with Crippen LogP contribution in [-0.2, 0) is 12.8 Å². The zero-order chi connectivity index (χ0) is 20.5. The van der Waals surface area contributed by atoms with E-state index >= 15 is 0 Å². The largest absolute Gasteiger partial charge is 0.496 e. The topological polar surface area (TPSA) is 41.6 Å². The van der Waals surface area contributed by atoms with Crippen molar-refractivity contribution < 1.29 is 9.53 Å². The van der Waals surface area contributed by atoms with Crippen molar-refractivity contribution >= 4 is 11.5 Å². The molecular formula is C25H34N2O2. The van der Waals surface area contributed by atoms with Crippen molar-refractivity contribution in [2.45, 2.75) is 45.4 Å². The summed E-state index contributed by atoms with van der Waals surface area (Å²) in [7, 11) is 1.72. The third-order valence-corrected chi connectivity index (χ3v) is 5.77. The third-order valence-electron chi connectivity index (χ3n) is 5.77. The lowest BCUT2D eigenvalue weighted by atomic mass is 10.0. The molecule has 1 N–H and O–H groups in total. The van der Waals surface area contributed by atoms with Gasteiger partial charge in [-0.1, -0.05) is 18.2 Å². The summed E-state index contributed by atoms with van der Waals surface area (Å²) in [5, 5.41) is 3.49. The highest BCUT2D eigenvalue weighted by Crippen LogP contribution is 2.29. The van der Waals surface area contributed by atoms with E-state index in [2.05, 4.69) is 41.4 Å². The minimum absolute atomic E-state index is 0.277. The van der Waals surface area contributed by atoms with E-state index in [1.54, 1.807) is 7.11 Å². The number of methoxy groups -OCH3 is 1. The Morgan fingerprint density at radius 2 is 1.93 bits per heavy atom. The van der Waals surface area contributed by atoms with Crippen molar-refractivity contribution in [3.8, 4) is 5.75 Å². The number of ether oxygens (including phenoxy) is 1. The number of hydrogen-bond donors (Lipinski definition) is 1. The predicted octanol–water partition coefficient (Wildman–Crippen LogP) is 4.65. The van der Waals surface area contributed by atoms with E-state index in [9.17, 15) is 4.79 Å². The highest BCUT2D eigenvalue weighted by molar-refractivity contribution is 5.96. The molecule has 0 fully saturated rings. The van der Waals surface area contributed by atoms with Gasteiger partial charge in [0, 0.05) is 30.8 Å². The maximum atomic E-state index is 12.5. The van der Waals surface area contributed by atoms with Crippen molar-refractivity contribution in [3.05, 3.63) is 59.2 Å². The minimum Gasteiger partial charge on any atom is -0.496 e. The molecule has 4 nitrogen and oxygen atoms in total. The average Bonchev–Trinajstić information content (AvgIpc) is 3.18. The molecule has 0 bridgehead atoms. The molecule has 156 valence electrons. The van der Waals surface area contributed by atoms with Gasteiger partial charge in [0.1, 0.15) is 5.75 Å². The number of carbonyl (C=O) groups is 1. The highest BCUT2D eigenvalue weighted by Gasteiger charge is 2.18. The summed E-state index contributed by atoms with van der Waals surface area (Å²) in [6.07, 6.45) is 5.78. The summed E-state index contributed by atoms with van der Waals surface area (Å²) in [6, 6.07) is 14.5. The number of anilines is 1. The molecule has 0 aliphatic carbocycles. The molecule has 0 radical (unpaired) electrons. The smallest absolute Gasteiger partial charge is 0.162 e. The van der Waals surface area contributed by atoms with Crippen molar-refractivity contribution in [3.63, 3.8) is 0 Å². The molecule has 1 aliphatic rings. The van der Waals surface area contributed by atoms with E-state index in [0.29, 0.717) is 6.42 Å². The Hall–Kier alpha value is -2.33. The minimum atomic E-state index is 0.277. The lowest BCUT2D eigenvalue weighted by Gasteiger charge is -2.16. The number of aryl methyl sites for hydroxylation is 1. The van der Waals surface area contributed by atoms with Crippen LogP contribution < -0.4 is 15.0 Å². The van der Waals surface area contributed by atoms with Crippen LogP contribution in [0, 0.1) is 0 Å². The number of nitrogens with zero attached hydrogens (tertiary/aromatic N) is 1. The molecule has 0 amide bonds. The number of benzene rings is 2. The Morgan fingerprint density at radius 1 is 1.10 bits per heavy atom. The van der Waals surface area contributed by atoms with Gasteiger partial charge in [0.15, 0.2) is 5.78 Å². The van der Waals surface area contributed by atoms with Gasteiger partial charge in [-0.05, 0) is 87.5 Å². The normalized spacial score (nSPS) is 12.8. The van der Waals surface area contributed by atoms with Gasteiger partial charge >= 0.3 is 0 Å². The first-order valence-electron chi connectivity index (χ1n) is 11.0. The van der Waals surface area contributed by atoms with Gasteiger partial charge < -0.3 is 15.0 Å². The van der Waals surface area contributed by atoms with Gasteiger partial charge in [0.2, 0.25) is 0 Å². The van der Waals surface area contributed by atoms with Crippen LogP contribution >= 0.6 is 0 Å². The predicted molar refractivity (Wildman–Crippen MR) is 120 cm³/mol. The second-order valence-corrected chi connectivity index (χ2v) is 7.72. The molecule has 1 heterocycles. The van der Waals surface area contributed by atoms with Crippen LogP contribution in [-0.4, -0.2) is 39.1 Å². The van der Waals surface area contributed by atoms with Crippen LogP contribution in [0.4, 0.5) is 5.69 Å². The average molecular weight is 395 g/mol. The summed E-state index contributed by atoms with van der Waals surface area (Å²) in [5.74, 6) is 1.25. The molecule has 0 atom stereocenters.